The minimum atomic E-state index is 0. The van der Waals surface area contributed by atoms with Gasteiger partial charge in [-0.1, -0.05) is 13.8 Å². The molecule has 2 heterocycles. The monoisotopic (exact) mass is 353 g/mol. The predicted molar refractivity (Wildman–Crippen MR) is 92.9 cm³/mol. The maximum absolute atomic E-state index is 11.9. The van der Waals surface area contributed by atoms with E-state index in [2.05, 4.69) is 29.5 Å². The first-order valence-electron chi connectivity index (χ1n) is 7.02. The van der Waals surface area contributed by atoms with Gasteiger partial charge in [-0.25, -0.2) is 4.98 Å². The van der Waals surface area contributed by atoms with Crippen LogP contribution >= 0.6 is 36.2 Å². The summed E-state index contributed by atoms with van der Waals surface area (Å²) >= 11 is 1.64. The van der Waals surface area contributed by atoms with Gasteiger partial charge in [0.25, 0.3) is 0 Å². The normalized spacial score (nSPS) is 16.5. The summed E-state index contributed by atoms with van der Waals surface area (Å²) < 4.78 is 0. The molecule has 4 nitrogen and oxygen atoms in total. The Balaban J connectivity index is 0.00000200. The van der Waals surface area contributed by atoms with Crippen molar-refractivity contribution in [2.75, 3.05) is 19.6 Å². The third kappa shape index (κ3) is 6.51. The standard InChI is InChI=1S/C14H23N3OS.2ClH/c1-3-13-17-11(9-19-13)8-12(18)16-10-14(2)4-6-15-7-5-14;;/h9,15H,3-8,10H2,1-2H3,(H,16,18);2*1H. The van der Waals surface area contributed by atoms with Gasteiger partial charge in [0.2, 0.25) is 5.91 Å². The number of nitrogens with zero attached hydrogens (tertiary/aromatic N) is 1. The molecule has 1 aromatic rings. The van der Waals surface area contributed by atoms with Crippen molar-refractivity contribution in [3.05, 3.63) is 16.1 Å². The molecule has 0 atom stereocenters. The molecule has 0 aliphatic carbocycles. The van der Waals surface area contributed by atoms with Gasteiger partial charge in [0.1, 0.15) is 0 Å². The lowest BCUT2D eigenvalue weighted by molar-refractivity contribution is -0.121. The highest BCUT2D eigenvalue weighted by molar-refractivity contribution is 7.09. The molecule has 122 valence electrons. The van der Waals surface area contributed by atoms with E-state index in [0.717, 1.165) is 49.6 Å². The number of rotatable bonds is 5. The number of hydrogen-bond acceptors (Lipinski definition) is 4. The summed E-state index contributed by atoms with van der Waals surface area (Å²) in [6.45, 7) is 7.22. The number of halogens is 2. The Bertz CT molecular complexity index is 434. The predicted octanol–water partition coefficient (Wildman–Crippen LogP) is 2.60. The number of hydrogen-bond donors (Lipinski definition) is 2. The van der Waals surface area contributed by atoms with Gasteiger partial charge in [0.15, 0.2) is 0 Å². The Kier molecular flexibility index (Phi) is 9.45. The fourth-order valence-corrected chi connectivity index (χ4v) is 3.08. The van der Waals surface area contributed by atoms with Gasteiger partial charge in [0.05, 0.1) is 17.1 Å². The second-order valence-corrected chi connectivity index (χ2v) is 6.54. The summed E-state index contributed by atoms with van der Waals surface area (Å²) in [6, 6.07) is 0. The molecule has 1 fully saturated rings. The second-order valence-electron chi connectivity index (χ2n) is 5.60. The third-order valence-corrected chi connectivity index (χ3v) is 4.81. The van der Waals surface area contributed by atoms with Crippen LogP contribution in [0.1, 0.15) is 37.4 Å². The van der Waals surface area contributed by atoms with Crippen molar-refractivity contribution in [2.24, 2.45) is 5.41 Å². The smallest absolute Gasteiger partial charge is 0.226 e. The van der Waals surface area contributed by atoms with Gasteiger partial charge in [-0.3, -0.25) is 4.79 Å². The number of aryl methyl sites for hydroxylation is 1. The van der Waals surface area contributed by atoms with Gasteiger partial charge in [0, 0.05) is 11.9 Å². The molecule has 0 aromatic carbocycles. The van der Waals surface area contributed by atoms with Gasteiger partial charge in [-0.05, 0) is 37.8 Å². The largest absolute Gasteiger partial charge is 0.355 e. The van der Waals surface area contributed by atoms with Crippen LogP contribution in [0.3, 0.4) is 0 Å². The van der Waals surface area contributed by atoms with Crippen molar-refractivity contribution in [1.29, 1.82) is 0 Å². The number of thiazole rings is 1. The van der Waals surface area contributed by atoms with Crippen LogP contribution in [-0.2, 0) is 17.6 Å². The molecule has 1 amide bonds. The van der Waals surface area contributed by atoms with Crippen LogP contribution in [0.4, 0.5) is 0 Å². The number of carbonyl (C=O) groups is 1. The molecule has 2 rings (SSSR count). The van der Waals surface area contributed by atoms with E-state index in [0.29, 0.717) is 6.42 Å². The third-order valence-electron chi connectivity index (χ3n) is 3.77. The first kappa shape index (κ1) is 20.6. The van der Waals surface area contributed by atoms with Crippen LogP contribution in [0.25, 0.3) is 0 Å². The van der Waals surface area contributed by atoms with Crippen molar-refractivity contribution in [1.82, 2.24) is 15.6 Å². The van der Waals surface area contributed by atoms with E-state index in [1.165, 1.54) is 0 Å². The second kappa shape index (κ2) is 9.62. The maximum Gasteiger partial charge on any atom is 0.226 e. The number of piperidine rings is 1. The molecule has 21 heavy (non-hydrogen) atoms. The molecule has 0 unspecified atom stereocenters. The van der Waals surface area contributed by atoms with E-state index in [-0.39, 0.29) is 36.1 Å². The number of aromatic nitrogens is 1. The van der Waals surface area contributed by atoms with Crippen molar-refractivity contribution in [3.8, 4) is 0 Å². The van der Waals surface area contributed by atoms with Gasteiger partial charge < -0.3 is 10.6 Å². The van der Waals surface area contributed by atoms with Crippen LogP contribution in [0.15, 0.2) is 5.38 Å². The first-order valence-corrected chi connectivity index (χ1v) is 7.90. The topological polar surface area (TPSA) is 54.0 Å². The van der Waals surface area contributed by atoms with Gasteiger partial charge >= 0.3 is 0 Å². The fourth-order valence-electron chi connectivity index (χ4n) is 2.34. The van der Waals surface area contributed by atoms with Crippen molar-refractivity contribution >= 4 is 42.1 Å². The van der Waals surface area contributed by atoms with Crippen LogP contribution in [0, 0.1) is 5.41 Å². The molecule has 1 saturated heterocycles. The summed E-state index contributed by atoms with van der Waals surface area (Å²) in [5.41, 5.74) is 1.15. The molecule has 0 bridgehead atoms. The van der Waals surface area contributed by atoms with Crippen LogP contribution in [0.5, 0.6) is 0 Å². The summed E-state index contributed by atoms with van der Waals surface area (Å²) in [7, 11) is 0. The fraction of sp³-hybridized carbons (Fsp3) is 0.714. The Morgan fingerprint density at radius 3 is 2.67 bits per heavy atom. The van der Waals surface area contributed by atoms with E-state index in [1.54, 1.807) is 11.3 Å². The highest BCUT2D eigenvalue weighted by Crippen LogP contribution is 2.26. The van der Waals surface area contributed by atoms with E-state index in [1.807, 2.05) is 5.38 Å². The highest BCUT2D eigenvalue weighted by atomic mass is 35.5. The highest BCUT2D eigenvalue weighted by Gasteiger charge is 2.26. The van der Waals surface area contributed by atoms with Gasteiger partial charge in [-0.2, -0.15) is 0 Å². The molecule has 1 aliphatic heterocycles. The Morgan fingerprint density at radius 1 is 1.43 bits per heavy atom. The lowest BCUT2D eigenvalue weighted by Crippen LogP contribution is -2.43. The molecular weight excluding hydrogens is 329 g/mol. The average molecular weight is 354 g/mol. The Hall–Kier alpha value is -0.360. The molecule has 0 saturated carbocycles. The Morgan fingerprint density at radius 2 is 2.10 bits per heavy atom. The zero-order chi connectivity index (χ0) is 13.7. The average Bonchev–Trinajstić information content (AvgIpc) is 2.85. The lowest BCUT2D eigenvalue weighted by atomic mass is 9.81. The van der Waals surface area contributed by atoms with E-state index < -0.39 is 0 Å². The molecule has 0 radical (unpaired) electrons. The van der Waals surface area contributed by atoms with Crippen LogP contribution in [0.2, 0.25) is 0 Å². The number of amides is 1. The van der Waals surface area contributed by atoms with Crippen LogP contribution < -0.4 is 10.6 Å². The zero-order valence-corrected chi connectivity index (χ0v) is 15.1. The molecule has 1 aliphatic rings. The summed E-state index contributed by atoms with van der Waals surface area (Å²) in [5.74, 6) is 0.0905. The SMILES string of the molecule is CCc1nc(CC(=O)NCC2(C)CCNCC2)cs1.Cl.Cl. The lowest BCUT2D eigenvalue weighted by Gasteiger charge is -2.34. The number of carbonyl (C=O) groups excluding carboxylic acids is 1. The van der Waals surface area contributed by atoms with Crippen LogP contribution in [-0.4, -0.2) is 30.5 Å². The minimum absolute atomic E-state index is 0. The summed E-state index contributed by atoms with van der Waals surface area (Å²) in [4.78, 5) is 16.4. The quantitative estimate of drug-likeness (QED) is 0.855. The van der Waals surface area contributed by atoms with E-state index in [4.69, 9.17) is 0 Å². The molecule has 7 heteroatoms. The summed E-state index contributed by atoms with van der Waals surface area (Å²) in [6.07, 6.45) is 3.61. The van der Waals surface area contributed by atoms with E-state index >= 15 is 0 Å². The van der Waals surface area contributed by atoms with Crippen molar-refractivity contribution in [2.45, 2.75) is 39.5 Å². The van der Waals surface area contributed by atoms with Crippen molar-refractivity contribution in [3.63, 3.8) is 0 Å². The van der Waals surface area contributed by atoms with Crippen molar-refractivity contribution < 1.29 is 4.79 Å². The van der Waals surface area contributed by atoms with E-state index in [9.17, 15) is 4.79 Å². The maximum atomic E-state index is 11.9. The molecule has 1 aromatic heterocycles. The number of nitrogens with one attached hydrogen (secondary N) is 2. The minimum Gasteiger partial charge on any atom is -0.355 e. The molecule has 2 N–H and O–H groups in total. The Labute approximate surface area is 143 Å². The summed E-state index contributed by atoms with van der Waals surface area (Å²) in [5, 5.41) is 9.52. The molecule has 0 spiro atoms. The van der Waals surface area contributed by atoms with Gasteiger partial charge in [-0.15, -0.1) is 36.2 Å². The first-order chi connectivity index (χ1) is 9.11. The molecular formula is C14H25Cl2N3OS. The zero-order valence-electron chi connectivity index (χ0n) is 12.6.